The number of hydrogen-bond donors (Lipinski definition) is 0. The molecule has 0 bridgehead atoms. The maximum atomic E-state index is 13.2. The minimum absolute atomic E-state index is 0.0657. The highest BCUT2D eigenvalue weighted by molar-refractivity contribution is 5.94. The standard InChI is InChI=1S/C21H26N2O2/c1-14(2)12-13-23(17-10-11-17)21(24)18-19(15-8-9-15)25-20(22-18)16-6-4-3-5-7-16/h3-7,14-15,17H,8-13H2,1-2H3. The van der Waals surface area contributed by atoms with Gasteiger partial charge in [-0.05, 0) is 50.2 Å². The van der Waals surface area contributed by atoms with Crippen molar-refractivity contribution in [1.29, 1.82) is 0 Å². The number of carbonyl (C=O) groups excluding carboxylic acids is 1. The van der Waals surface area contributed by atoms with Gasteiger partial charge in [-0.25, -0.2) is 4.98 Å². The van der Waals surface area contributed by atoms with Crippen molar-refractivity contribution in [1.82, 2.24) is 9.88 Å². The molecular formula is C21H26N2O2. The number of nitrogens with zero attached hydrogens (tertiary/aromatic N) is 2. The van der Waals surface area contributed by atoms with Gasteiger partial charge in [0.15, 0.2) is 5.69 Å². The number of carbonyl (C=O) groups is 1. The third kappa shape index (κ3) is 3.63. The molecule has 25 heavy (non-hydrogen) atoms. The predicted octanol–water partition coefficient (Wildman–Crippen LogP) is 4.87. The van der Waals surface area contributed by atoms with E-state index in [9.17, 15) is 4.79 Å². The molecule has 4 heteroatoms. The fraction of sp³-hybridized carbons (Fsp3) is 0.524. The Labute approximate surface area is 149 Å². The topological polar surface area (TPSA) is 46.3 Å². The summed E-state index contributed by atoms with van der Waals surface area (Å²) in [6, 6.07) is 10.3. The lowest BCUT2D eigenvalue weighted by atomic mass is 10.1. The number of rotatable bonds is 7. The van der Waals surface area contributed by atoms with Gasteiger partial charge in [0.25, 0.3) is 5.91 Å². The van der Waals surface area contributed by atoms with Crippen LogP contribution in [0.15, 0.2) is 34.7 Å². The Balaban J connectivity index is 1.63. The molecule has 0 unspecified atom stereocenters. The van der Waals surface area contributed by atoms with Crippen molar-refractivity contribution >= 4 is 5.91 Å². The van der Waals surface area contributed by atoms with E-state index in [1.54, 1.807) is 0 Å². The summed E-state index contributed by atoms with van der Waals surface area (Å²) in [6.45, 7) is 5.22. The summed E-state index contributed by atoms with van der Waals surface area (Å²) in [5.41, 5.74) is 1.49. The Morgan fingerprint density at radius 2 is 1.92 bits per heavy atom. The van der Waals surface area contributed by atoms with E-state index in [0.29, 0.717) is 29.5 Å². The molecule has 2 aliphatic carbocycles. The Morgan fingerprint density at radius 1 is 1.20 bits per heavy atom. The van der Waals surface area contributed by atoms with Crippen LogP contribution < -0.4 is 0 Å². The zero-order chi connectivity index (χ0) is 17.4. The molecule has 1 amide bonds. The van der Waals surface area contributed by atoms with Crippen molar-refractivity contribution in [2.75, 3.05) is 6.54 Å². The first-order valence-corrected chi connectivity index (χ1v) is 9.50. The second-order valence-corrected chi connectivity index (χ2v) is 7.78. The van der Waals surface area contributed by atoms with Crippen molar-refractivity contribution in [2.24, 2.45) is 5.92 Å². The molecule has 0 radical (unpaired) electrons. The van der Waals surface area contributed by atoms with Gasteiger partial charge in [0.05, 0.1) is 0 Å². The first-order valence-electron chi connectivity index (χ1n) is 9.50. The van der Waals surface area contributed by atoms with Crippen LogP contribution in [-0.4, -0.2) is 28.4 Å². The third-order valence-corrected chi connectivity index (χ3v) is 5.02. The molecule has 1 aromatic carbocycles. The Kier molecular flexibility index (Phi) is 4.36. The molecule has 4 rings (SSSR count). The number of benzene rings is 1. The Hall–Kier alpha value is -2.10. The summed E-state index contributed by atoms with van der Waals surface area (Å²) < 4.78 is 6.06. The van der Waals surface area contributed by atoms with Gasteiger partial charge in [0.1, 0.15) is 5.76 Å². The first-order chi connectivity index (χ1) is 12.1. The van der Waals surface area contributed by atoms with Crippen molar-refractivity contribution in [3.05, 3.63) is 41.8 Å². The van der Waals surface area contributed by atoms with E-state index in [0.717, 1.165) is 50.0 Å². The summed E-state index contributed by atoms with van der Waals surface area (Å²) in [6.07, 6.45) is 5.46. The van der Waals surface area contributed by atoms with Gasteiger partial charge in [-0.2, -0.15) is 0 Å². The van der Waals surface area contributed by atoms with Crippen LogP contribution in [0.4, 0.5) is 0 Å². The second kappa shape index (κ2) is 6.66. The molecule has 1 aromatic heterocycles. The lowest BCUT2D eigenvalue weighted by Crippen LogP contribution is -2.35. The molecule has 0 N–H and O–H groups in total. The molecule has 0 atom stereocenters. The highest BCUT2D eigenvalue weighted by Crippen LogP contribution is 2.44. The molecule has 2 aromatic rings. The normalized spacial score (nSPS) is 17.1. The molecule has 0 aliphatic heterocycles. The smallest absolute Gasteiger partial charge is 0.276 e. The molecule has 2 aliphatic rings. The molecule has 0 saturated heterocycles. The van der Waals surface area contributed by atoms with Gasteiger partial charge in [-0.3, -0.25) is 4.79 Å². The third-order valence-electron chi connectivity index (χ3n) is 5.02. The SMILES string of the molecule is CC(C)CCN(C(=O)c1nc(-c2ccccc2)oc1C1CC1)C1CC1. The van der Waals surface area contributed by atoms with E-state index in [1.165, 1.54) is 0 Å². The zero-order valence-corrected chi connectivity index (χ0v) is 15.1. The average Bonchev–Trinajstić information content (AvgIpc) is 3.54. The van der Waals surface area contributed by atoms with Crippen LogP contribution in [0.25, 0.3) is 11.5 Å². The molecule has 0 spiro atoms. The van der Waals surface area contributed by atoms with E-state index in [-0.39, 0.29) is 5.91 Å². The van der Waals surface area contributed by atoms with Gasteiger partial charge in [-0.15, -0.1) is 0 Å². The molecular weight excluding hydrogens is 312 g/mol. The monoisotopic (exact) mass is 338 g/mol. The highest BCUT2D eigenvalue weighted by atomic mass is 16.4. The number of aromatic nitrogens is 1. The van der Waals surface area contributed by atoms with Gasteiger partial charge < -0.3 is 9.32 Å². The van der Waals surface area contributed by atoms with Crippen molar-refractivity contribution in [3.63, 3.8) is 0 Å². The molecule has 132 valence electrons. The van der Waals surface area contributed by atoms with Crippen LogP contribution in [0.1, 0.15) is 68.1 Å². The van der Waals surface area contributed by atoms with Gasteiger partial charge >= 0.3 is 0 Å². The second-order valence-electron chi connectivity index (χ2n) is 7.78. The fourth-order valence-corrected chi connectivity index (χ4v) is 3.18. The summed E-state index contributed by atoms with van der Waals surface area (Å²) in [5.74, 6) is 2.41. The van der Waals surface area contributed by atoms with E-state index < -0.39 is 0 Å². The molecule has 1 heterocycles. The number of hydrogen-bond acceptors (Lipinski definition) is 3. The van der Waals surface area contributed by atoms with Gasteiger partial charge in [0, 0.05) is 24.1 Å². The lowest BCUT2D eigenvalue weighted by molar-refractivity contribution is 0.0728. The summed E-state index contributed by atoms with van der Waals surface area (Å²) >= 11 is 0. The van der Waals surface area contributed by atoms with Crippen molar-refractivity contribution < 1.29 is 9.21 Å². The summed E-state index contributed by atoms with van der Waals surface area (Å²) in [4.78, 5) is 19.9. The number of oxazole rings is 1. The fourth-order valence-electron chi connectivity index (χ4n) is 3.18. The van der Waals surface area contributed by atoms with E-state index in [1.807, 2.05) is 35.2 Å². The molecule has 2 saturated carbocycles. The quantitative estimate of drug-likeness (QED) is 0.723. The Morgan fingerprint density at radius 3 is 2.52 bits per heavy atom. The molecule has 4 nitrogen and oxygen atoms in total. The van der Waals surface area contributed by atoms with Gasteiger partial charge in [-0.1, -0.05) is 32.0 Å². The van der Waals surface area contributed by atoms with E-state index in [2.05, 4.69) is 18.8 Å². The zero-order valence-electron chi connectivity index (χ0n) is 15.1. The predicted molar refractivity (Wildman–Crippen MR) is 97.4 cm³/mol. The van der Waals surface area contributed by atoms with E-state index in [4.69, 9.17) is 4.42 Å². The Bertz CT molecular complexity index is 743. The van der Waals surface area contributed by atoms with Crippen LogP contribution in [-0.2, 0) is 0 Å². The largest absolute Gasteiger partial charge is 0.440 e. The highest BCUT2D eigenvalue weighted by Gasteiger charge is 2.39. The maximum Gasteiger partial charge on any atom is 0.276 e. The minimum atomic E-state index is 0.0657. The lowest BCUT2D eigenvalue weighted by Gasteiger charge is -2.22. The summed E-state index contributed by atoms with van der Waals surface area (Å²) in [5, 5.41) is 0. The van der Waals surface area contributed by atoms with Crippen molar-refractivity contribution in [2.45, 2.75) is 57.9 Å². The minimum Gasteiger partial charge on any atom is -0.440 e. The average molecular weight is 338 g/mol. The van der Waals surface area contributed by atoms with Crippen LogP contribution in [0.2, 0.25) is 0 Å². The van der Waals surface area contributed by atoms with Crippen LogP contribution in [0, 0.1) is 5.92 Å². The summed E-state index contributed by atoms with van der Waals surface area (Å²) in [7, 11) is 0. The maximum absolute atomic E-state index is 13.2. The van der Waals surface area contributed by atoms with Crippen LogP contribution in [0.3, 0.4) is 0 Å². The number of amides is 1. The van der Waals surface area contributed by atoms with E-state index >= 15 is 0 Å². The van der Waals surface area contributed by atoms with Crippen LogP contribution >= 0.6 is 0 Å². The molecule has 2 fully saturated rings. The van der Waals surface area contributed by atoms with Crippen LogP contribution in [0.5, 0.6) is 0 Å². The van der Waals surface area contributed by atoms with Gasteiger partial charge in [0.2, 0.25) is 5.89 Å². The first kappa shape index (κ1) is 16.4. The van der Waals surface area contributed by atoms with Crippen molar-refractivity contribution in [3.8, 4) is 11.5 Å².